The van der Waals surface area contributed by atoms with E-state index in [2.05, 4.69) is 0 Å². The van der Waals surface area contributed by atoms with E-state index >= 15 is 0 Å². The smallest absolute Gasteiger partial charge is 0.0641 e. The van der Waals surface area contributed by atoms with Gasteiger partial charge in [-0.05, 0) is 24.6 Å². The highest BCUT2D eigenvalue weighted by Gasteiger charge is 1.82. The average Bonchev–Trinajstić information content (AvgIpc) is 1.97. The third-order valence-corrected chi connectivity index (χ3v) is 0.966. The van der Waals surface area contributed by atoms with Gasteiger partial charge in [-0.3, -0.25) is 0 Å². The first-order valence-electron chi connectivity index (χ1n) is 3.77. The molecule has 1 heteroatoms. The molecule has 0 heterocycles. The van der Waals surface area contributed by atoms with Gasteiger partial charge in [0.25, 0.3) is 0 Å². The monoisotopic (exact) mass is 129 g/mol. The molecule has 0 unspecified atom stereocenters. The van der Waals surface area contributed by atoms with Crippen molar-refractivity contribution in [1.29, 1.82) is 0 Å². The van der Waals surface area contributed by atoms with Crippen LogP contribution in [0.3, 0.4) is 0 Å². The van der Waals surface area contributed by atoms with Gasteiger partial charge in [0.05, 0.1) is 4.11 Å². The molecule has 0 fully saturated rings. The van der Waals surface area contributed by atoms with E-state index in [1.807, 2.05) is 0 Å². The fraction of sp³-hybridized carbons (Fsp3) is 0.143. The molecule has 0 spiro atoms. The van der Waals surface area contributed by atoms with Crippen LogP contribution in [0.25, 0.3) is 0 Å². The van der Waals surface area contributed by atoms with Crippen LogP contribution in [-0.2, 0) is 0 Å². The third kappa shape index (κ3) is 1.24. The Morgan fingerprint density at radius 1 is 1.75 bits per heavy atom. The van der Waals surface area contributed by atoms with Crippen molar-refractivity contribution < 1.29 is 4.11 Å². The molecule has 1 aromatic carbocycles. The van der Waals surface area contributed by atoms with Crippen LogP contribution in [0, 0.1) is 6.92 Å². The molecule has 0 aliphatic carbocycles. The summed E-state index contributed by atoms with van der Waals surface area (Å²) in [4.78, 5) is 0. The van der Waals surface area contributed by atoms with E-state index in [9.17, 15) is 0 Å². The number of rotatable bonds is 0. The fourth-order valence-electron chi connectivity index (χ4n) is 0.448. The topological polar surface area (TPSA) is 0 Å². The molecule has 0 atom stereocenters. The maximum absolute atomic E-state index is 7.35. The van der Waals surface area contributed by atoms with Gasteiger partial charge in [-0.25, -0.2) is 0 Å². The standard InChI is InChI=1S/C7H7Cl/c1-6-3-2-4-7(8)5-6/h2-5H,1H3/i2D,4D,5D. The van der Waals surface area contributed by atoms with Crippen LogP contribution in [0.15, 0.2) is 24.2 Å². The second kappa shape index (κ2) is 2.19. The minimum atomic E-state index is -0.0673. The van der Waals surface area contributed by atoms with Crippen LogP contribution >= 0.6 is 11.6 Å². The molecule has 0 bridgehead atoms. The van der Waals surface area contributed by atoms with Crippen LogP contribution in [0.4, 0.5) is 0 Å². The molecule has 1 rings (SSSR count). The predicted molar refractivity (Wildman–Crippen MR) is 36.2 cm³/mol. The van der Waals surface area contributed by atoms with Gasteiger partial charge < -0.3 is 0 Å². The summed E-state index contributed by atoms with van der Waals surface area (Å²) in [6.07, 6.45) is 0. The van der Waals surface area contributed by atoms with Gasteiger partial charge in [0.15, 0.2) is 0 Å². The van der Waals surface area contributed by atoms with Crippen LogP contribution in [0.1, 0.15) is 9.68 Å². The number of hydrogen-bond donors (Lipinski definition) is 0. The zero-order valence-electron chi connectivity index (χ0n) is 7.46. The summed E-state index contributed by atoms with van der Waals surface area (Å²) < 4.78 is 21.8. The molecule has 0 aliphatic heterocycles. The lowest BCUT2D eigenvalue weighted by molar-refractivity contribution is 1.47. The second-order valence-electron chi connectivity index (χ2n) is 1.54. The molecule has 0 radical (unpaired) electrons. The lowest BCUT2D eigenvalue weighted by Crippen LogP contribution is -1.66. The minimum Gasteiger partial charge on any atom is -0.0843 e. The zero-order valence-corrected chi connectivity index (χ0v) is 5.21. The summed E-state index contributed by atoms with van der Waals surface area (Å²) in [7, 11) is 0. The predicted octanol–water partition coefficient (Wildman–Crippen LogP) is 2.65. The highest BCUT2D eigenvalue weighted by Crippen LogP contribution is 2.08. The molecule has 8 heavy (non-hydrogen) atoms. The van der Waals surface area contributed by atoms with Crippen molar-refractivity contribution in [3.8, 4) is 0 Å². The van der Waals surface area contributed by atoms with E-state index < -0.39 is 0 Å². The molecule has 0 N–H and O–H groups in total. The summed E-state index contributed by atoms with van der Waals surface area (Å²) in [5, 5.41) is 0.0648. The third-order valence-electron chi connectivity index (χ3n) is 0.778. The Bertz CT molecular complexity index is 270. The maximum Gasteiger partial charge on any atom is 0.0641 e. The van der Waals surface area contributed by atoms with E-state index in [1.165, 1.54) is 6.07 Å². The van der Waals surface area contributed by atoms with Crippen molar-refractivity contribution in [2.75, 3.05) is 0 Å². The van der Waals surface area contributed by atoms with Crippen molar-refractivity contribution in [3.63, 3.8) is 0 Å². The van der Waals surface area contributed by atoms with Crippen molar-refractivity contribution in [1.82, 2.24) is 0 Å². The average molecular weight is 130 g/mol. The zero-order chi connectivity index (χ0) is 8.59. The first-order valence-corrected chi connectivity index (χ1v) is 2.64. The van der Waals surface area contributed by atoms with E-state index in [4.69, 9.17) is 15.7 Å². The SMILES string of the molecule is [2H]c1cc(C)c([2H])c(Cl)c1[2H]. The number of hydrogen-bond acceptors (Lipinski definition) is 0. The van der Waals surface area contributed by atoms with Crippen molar-refractivity contribution in [2.24, 2.45) is 0 Å². The lowest BCUT2D eigenvalue weighted by atomic mass is 10.2. The van der Waals surface area contributed by atoms with Gasteiger partial charge in [0.2, 0.25) is 0 Å². The van der Waals surface area contributed by atoms with Gasteiger partial charge >= 0.3 is 0 Å². The summed E-state index contributed by atoms with van der Waals surface area (Å²) in [5.74, 6) is 0. The molecule has 0 saturated carbocycles. The van der Waals surface area contributed by atoms with Crippen LogP contribution in [0.2, 0.25) is 5.02 Å². The van der Waals surface area contributed by atoms with Crippen molar-refractivity contribution in [2.45, 2.75) is 6.92 Å². The Balaban J connectivity index is 3.46. The van der Waals surface area contributed by atoms with Crippen LogP contribution in [-0.4, -0.2) is 0 Å². The van der Waals surface area contributed by atoms with Crippen molar-refractivity contribution >= 4 is 11.6 Å². The fourth-order valence-corrected chi connectivity index (χ4v) is 0.652. The Labute approximate surface area is 58.3 Å². The van der Waals surface area contributed by atoms with Crippen LogP contribution < -0.4 is 0 Å². The maximum atomic E-state index is 7.35. The number of aryl methyl sites for hydroxylation is 1. The van der Waals surface area contributed by atoms with Gasteiger partial charge in [-0.15, -0.1) is 0 Å². The summed E-state index contributed by atoms with van der Waals surface area (Å²) in [5.41, 5.74) is 0.635. The summed E-state index contributed by atoms with van der Waals surface area (Å²) >= 11 is 5.59. The second-order valence-corrected chi connectivity index (χ2v) is 1.91. The summed E-state index contributed by atoms with van der Waals surface area (Å²) in [6.45, 7) is 1.70. The Hall–Kier alpha value is -0.490. The van der Waals surface area contributed by atoms with E-state index in [0.717, 1.165) is 0 Å². The van der Waals surface area contributed by atoms with E-state index in [1.54, 1.807) is 6.92 Å². The molecule has 0 amide bonds. The Morgan fingerprint density at radius 3 is 3.25 bits per heavy atom. The molecule has 0 saturated heterocycles. The Morgan fingerprint density at radius 2 is 2.50 bits per heavy atom. The van der Waals surface area contributed by atoms with Gasteiger partial charge in [0.1, 0.15) is 0 Å². The van der Waals surface area contributed by atoms with Crippen LogP contribution in [0.5, 0.6) is 0 Å². The van der Waals surface area contributed by atoms with Gasteiger partial charge in [-0.2, -0.15) is 0 Å². The quantitative estimate of drug-likeness (QED) is 0.505. The molecule has 0 aromatic heterocycles. The lowest BCUT2D eigenvalue weighted by Gasteiger charge is -1.88. The van der Waals surface area contributed by atoms with Crippen molar-refractivity contribution in [3.05, 3.63) is 34.8 Å². The molecule has 0 nitrogen and oxygen atoms in total. The summed E-state index contributed by atoms with van der Waals surface area (Å²) in [6, 6.07) is 1.62. The molecular formula is C7H7Cl. The first-order chi connectivity index (χ1) is 5.04. The van der Waals surface area contributed by atoms with E-state index in [0.29, 0.717) is 5.56 Å². The first kappa shape index (κ1) is 2.88. The van der Waals surface area contributed by atoms with E-state index in [-0.39, 0.29) is 23.1 Å². The molecular weight excluding hydrogens is 120 g/mol. The highest BCUT2D eigenvalue weighted by atomic mass is 35.5. The normalized spacial score (nSPS) is 14.5. The molecule has 0 aliphatic rings. The molecule has 42 valence electrons. The highest BCUT2D eigenvalue weighted by molar-refractivity contribution is 6.30. The Kier molecular flexibility index (Phi) is 0.787. The van der Waals surface area contributed by atoms with Gasteiger partial charge in [-0.1, -0.05) is 23.7 Å². The number of halogens is 1. The van der Waals surface area contributed by atoms with Gasteiger partial charge in [0, 0.05) is 5.02 Å². The minimum absolute atomic E-state index is 0.0648. The largest absolute Gasteiger partial charge is 0.0843 e. The number of benzene rings is 1. The molecule has 1 aromatic rings.